The van der Waals surface area contributed by atoms with Crippen molar-refractivity contribution in [3.05, 3.63) is 54.1 Å². The van der Waals surface area contributed by atoms with Gasteiger partial charge in [-0.2, -0.15) is 0 Å². The Labute approximate surface area is 157 Å². The lowest BCUT2D eigenvalue weighted by atomic mass is 10.2. The van der Waals surface area contributed by atoms with E-state index >= 15 is 0 Å². The van der Waals surface area contributed by atoms with Crippen LogP contribution in [0, 0.1) is 6.92 Å². The number of para-hydroxylation sites is 2. The molecule has 0 amide bonds. The summed E-state index contributed by atoms with van der Waals surface area (Å²) in [7, 11) is 0. The minimum absolute atomic E-state index is 0.323. The van der Waals surface area contributed by atoms with Gasteiger partial charge in [-0.15, -0.1) is 10.2 Å². The number of thioether (sulfide) groups is 1. The zero-order chi connectivity index (χ0) is 18.1. The predicted octanol–water partition coefficient (Wildman–Crippen LogP) is 4.74. The zero-order valence-electron chi connectivity index (χ0n) is 15.2. The lowest BCUT2D eigenvalue weighted by Crippen LogP contribution is -2.01. The normalized spacial score (nSPS) is 11.7. The SMILES string of the molecule is Cc1cccc(OCCSc2nnc3n(C(C)C)c4ccccc4n23)c1. The summed E-state index contributed by atoms with van der Waals surface area (Å²) in [5.41, 5.74) is 3.53. The standard InChI is InChI=1S/C20H22N4OS/c1-14(2)23-17-9-4-5-10-18(17)24-19(23)21-22-20(24)26-12-11-25-16-8-6-7-15(3)13-16/h4-10,13-14H,11-12H2,1-3H3. The third kappa shape index (κ3) is 3.05. The molecule has 0 fully saturated rings. The summed E-state index contributed by atoms with van der Waals surface area (Å²) in [6.45, 7) is 7.04. The van der Waals surface area contributed by atoms with Gasteiger partial charge in [0.15, 0.2) is 5.16 Å². The Bertz CT molecular complexity index is 1050. The van der Waals surface area contributed by atoms with Gasteiger partial charge < -0.3 is 9.30 Å². The molecule has 6 heteroatoms. The number of hydrogen-bond donors (Lipinski definition) is 0. The van der Waals surface area contributed by atoms with Crippen LogP contribution >= 0.6 is 11.8 Å². The average molecular weight is 366 g/mol. The number of fused-ring (bicyclic) bond motifs is 3. The van der Waals surface area contributed by atoms with Gasteiger partial charge in [0.2, 0.25) is 5.78 Å². The Morgan fingerprint density at radius 3 is 2.62 bits per heavy atom. The van der Waals surface area contributed by atoms with Crippen LogP contribution in [0.1, 0.15) is 25.5 Å². The molecule has 0 unspecified atom stereocenters. The van der Waals surface area contributed by atoms with Gasteiger partial charge in [0.25, 0.3) is 0 Å². The summed E-state index contributed by atoms with van der Waals surface area (Å²) in [4.78, 5) is 0. The molecular formula is C20H22N4OS. The van der Waals surface area contributed by atoms with E-state index in [0.717, 1.165) is 28.0 Å². The molecule has 0 bridgehead atoms. The van der Waals surface area contributed by atoms with Gasteiger partial charge in [-0.1, -0.05) is 36.0 Å². The molecule has 0 saturated heterocycles. The predicted molar refractivity (Wildman–Crippen MR) is 106 cm³/mol. The van der Waals surface area contributed by atoms with E-state index in [4.69, 9.17) is 4.74 Å². The fourth-order valence-corrected chi connectivity index (χ4v) is 3.95. The van der Waals surface area contributed by atoms with Crippen LogP contribution in [0.25, 0.3) is 16.8 Å². The minimum Gasteiger partial charge on any atom is -0.493 e. The summed E-state index contributed by atoms with van der Waals surface area (Å²) < 4.78 is 10.2. The summed E-state index contributed by atoms with van der Waals surface area (Å²) in [5.74, 6) is 2.62. The first-order chi connectivity index (χ1) is 12.6. The third-order valence-electron chi connectivity index (χ3n) is 4.30. The quantitative estimate of drug-likeness (QED) is 0.365. The molecular weight excluding hydrogens is 344 g/mol. The van der Waals surface area contributed by atoms with Gasteiger partial charge in [-0.25, -0.2) is 0 Å². The lowest BCUT2D eigenvalue weighted by molar-refractivity contribution is 0.343. The molecule has 0 atom stereocenters. The van der Waals surface area contributed by atoms with Crippen molar-refractivity contribution in [2.75, 3.05) is 12.4 Å². The molecule has 134 valence electrons. The molecule has 0 saturated carbocycles. The molecule has 0 spiro atoms. The number of imidazole rings is 1. The van der Waals surface area contributed by atoms with E-state index < -0.39 is 0 Å². The molecule has 2 aromatic heterocycles. The van der Waals surface area contributed by atoms with Crippen LogP contribution in [-0.2, 0) is 0 Å². The maximum Gasteiger partial charge on any atom is 0.237 e. The van der Waals surface area contributed by atoms with E-state index in [2.05, 4.69) is 76.3 Å². The van der Waals surface area contributed by atoms with Crippen LogP contribution in [0.15, 0.2) is 53.7 Å². The first kappa shape index (κ1) is 17.0. The number of aryl methyl sites for hydroxylation is 1. The zero-order valence-corrected chi connectivity index (χ0v) is 16.0. The largest absolute Gasteiger partial charge is 0.493 e. The summed E-state index contributed by atoms with van der Waals surface area (Å²) in [6, 6.07) is 16.8. The van der Waals surface area contributed by atoms with E-state index in [1.165, 1.54) is 11.1 Å². The number of hydrogen-bond acceptors (Lipinski definition) is 4. The van der Waals surface area contributed by atoms with Crippen LogP contribution in [0.5, 0.6) is 5.75 Å². The summed E-state index contributed by atoms with van der Waals surface area (Å²) in [5, 5.41) is 9.75. The number of rotatable bonds is 6. The second-order valence-corrected chi connectivity index (χ2v) is 7.65. The topological polar surface area (TPSA) is 44.4 Å². The Kier molecular flexibility index (Phi) is 4.59. The van der Waals surface area contributed by atoms with Crippen LogP contribution in [0.2, 0.25) is 0 Å². The van der Waals surface area contributed by atoms with Crippen molar-refractivity contribution in [2.24, 2.45) is 0 Å². The van der Waals surface area contributed by atoms with E-state index in [9.17, 15) is 0 Å². The second kappa shape index (κ2) is 7.03. The number of aromatic nitrogens is 4. The highest BCUT2D eigenvalue weighted by molar-refractivity contribution is 7.99. The molecule has 0 aliphatic carbocycles. The maximum atomic E-state index is 5.84. The Morgan fingerprint density at radius 2 is 1.85 bits per heavy atom. The van der Waals surface area contributed by atoms with Crippen molar-refractivity contribution < 1.29 is 4.74 Å². The van der Waals surface area contributed by atoms with Gasteiger partial charge in [0.1, 0.15) is 5.75 Å². The molecule has 4 aromatic rings. The van der Waals surface area contributed by atoms with Gasteiger partial charge in [-0.05, 0) is 50.6 Å². The summed E-state index contributed by atoms with van der Waals surface area (Å²) in [6.07, 6.45) is 0. The molecule has 0 aliphatic rings. The van der Waals surface area contributed by atoms with Crippen molar-refractivity contribution in [3.8, 4) is 5.75 Å². The molecule has 2 heterocycles. The highest BCUT2D eigenvalue weighted by Gasteiger charge is 2.18. The van der Waals surface area contributed by atoms with Crippen LogP contribution in [0.4, 0.5) is 0 Å². The van der Waals surface area contributed by atoms with Crippen molar-refractivity contribution in [1.29, 1.82) is 0 Å². The van der Waals surface area contributed by atoms with Gasteiger partial charge in [0.05, 0.1) is 17.6 Å². The number of nitrogens with zero attached hydrogens (tertiary/aromatic N) is 4. The van der Waals surface area contributed by atoms with E-state index in [1.807, 2.05) is 12.1 Å². The van der Waals surface area contributed by atoms with E-state index in [-0.39, 0.29) is 0 Å². The van der Waals surface area contributed by atoms with Gasteiger partial charge >= 0.3 is 0 Å². The van der Waals surface area contributed by atoms with Crippen LogP contribution in [0.3, 0.4) is 0 Å². The van der Waals surface area contributed by atoms with Crippen molar-refractivity contribution in [1.82, 2.24) is 19.2 Å². The lowest BCUT2D eigenvalue weighted by Gasteiger charge is -2.07. The second-order valence-electron chi connectivity index (χ2n) is 6.58. The van der Waals surface area contributed by atoms with E-state index in [0.29, 0.717) is 12.6 Å². The third-order valence-corrected chi connectivity index (χ3v) is 5.20. The van der Waals surface area contributed by atoms with Crippen molar-refractivity contribution in [3.63, 3.8) is 0 Å². The molecule has 0 N–H and O–H groups in total. The average Bonchev–Trinajstić information content (AvgIpc) is 3.16. The molecule has 2 aromatic carbocycles. The Morgan fingerprint density at radius 1 is 1.04 bits per heavy atom. The molecule has 26 heavy (non-hydrogen) atoms. The van der Waals surface area contributed by atoms with E-state index in [1.54, 1.807) is 11.8 Å². The van der Waals surface area contributed by atoms with Crippen LogP contribution in [-0.4, -0.2) is 31.5 Å². The maximum absolute atomic E-state index is 5.84. The Hall–Kier alpha value is -2.47. The number of ether oxygens (including phenoxy) is 1. The first-order valence-corrected chi connectivity index (χ1v) is 9.80. The first-order valence-electron chi connectivity index (χ1n) is 8.81. The number of benzene rings is 2. The van der Waals surface area contributed by atoms with Crippen molar-refractivity contribution >= 4 is 28.6 Å². The highest BCUT2D eigenvalue weighted by atomic mass is 32.2. The molecule has 0 aliphatic heterocycles. The summed E-state index contributed by atoms with van der Waals surface area (Å²) >= 11 is 1.67. The Balaban J connectivity index is 1.55. The highest BCUT2D eigenvalue weighted by Crippen LogP contribution is 2.28. The fourth-order valence-electron chi connectivity index (χ4n) is 3.19. The van der Waals surface area contributed by atoms with Gasteiger partial charge in [0, 0.05) is 11.8 Å². The minimum atomic E-state index is 0.323. The smallest absolute Gasteiger partial charge is 0.237 e. The fraction of sp³-hybridized carbons (Fsp3) is 0.300. The molecule has 4 rings (SSSR count). The van der Waals surface area contributed by atoms with Crippen LogP contribution < -0.4 is 4.74 Å². The molecule has 0 radical (unpaired) electrons. The monoisotopic (exact) mass is 366 g/mol. The van der Waals surface area contributed by atoms with Crippen molar-refractivity contribution in [2.45, 2.75) is 32.0 Å². The molecule has 5 nitrogen and oxygen atoms in total. The van der Waals surface area contributed by atoms with Gasteiger partial charge in [-0.3, -0.25) is 4.40 Å².